The van der Waals surface area contributed by atoms with Crippen LogP contribution in [0.15, 0.2) is 36.5 Å². The second-order valence-electron chi connectivity index (χ2n) is 6.19. The van der Waals surface area contributed by atoms with Gasteiger partial charge in [0.2, 0.25) is 5.88 Å². The number of methoxy groups -OCH3 is 1. The van der Waals surface area contributed by atoms with E-state index in [-0.39, 0.29) is 11.4 Å². The van der Waals surface area contributed by atoms with Crippen LogP contribution in [-0.4, -0.2) is 21.8 Å². The molecule has 0 bridgehead atoms. The van der Waals surface area contributed by atoms with E-state index in [0.29, 0.717) is 50.4 Å². The standard InChI is InChI=1S/C20H17ClFN3O2/c1-3-25-9-14-17(20(25)26)18(23)11-5-6-13(22)16(19(11)24-14)12-8-10(21)4-7-15(12)27-2/h4-9,26H,3,23H2,1-2H3. The molecule has 0 fully saturated rings. The van der Waals surface area contributed by atoms with Gasteiger partial charge in [-0.2, -0.15) is 0 Å². The van der Waals surface area contributed by atoms with Crippen LogP contribution in [0.5, 0.6) is 11.6 Å². The molecule has 5 nitrogen and oxygen atoms in total. The molecule has 0 atom stereocenters. The molecule has 0 unspecified atom stereocenters. The van der Waals surface area contributed by atoms with Crippen LogP contribution in [0.25, 0.3) is 32.9 Å². The maximum Gasteiger partial charge on any atom is 0.202 e. The van der Waals surface area contributed by atoms with Gasteiger partial charge in [-0.25, -0.2) is 9.37 Å². The molecule has 0 amide bonds. The topological polar surface area (TPSA) is 73.3 Å². The monoisotopic (exact) mass is 385 g/mol. The quantitative estimate of drug-likeness (QED) is 0.522. The van der Waals surface area contributed by atoms with Crippen molar-refractivity contribution < 1.29 is 14.2 Å². The first kappa shape index (κ1) is 17.4. The Kier molecular flexibility index (Phi) is 4.08. The van der Waals surface area contributed by atoms with Crippen LogP contribution in [0.2, 0.25) is 5.02 Å². The first-order chi connectivity index (χ1) is 13.0. The highest BCUT2D eigenvalue weighted by atomic mass is 35.5. The third-order valence-corrected chi connectivity index (χ3v) is 4.96. The number of rotatable bonds is 3. The number of halogens is 2. The van der Waals surface area contributed by atoms with Crippen molar-refractivity contribution in [2.45, 2.75) is 13.5 Å². The van der Waals surface area contributed by atoms with Crippen molar-refractivity contribution in [1.82, 2.24) is 9.55 Å². The molecule has 0 spiro atoms. The van der Waals surface area contributed by atoms with Crippen molar-refractivity contribution in [3.63, 3.8) is 0 Å². The normalized spacial score (nSPS) is 11.4. The van der Waals surface area contributed by atoms with E-state index in [1.165, 1.54) is 13.2 Å². The molecule has 4 aromatic rings. The SMILES string of the molecule is CCn1cc2nc3c(-c4cc(Cl)ccc4OC)c(F)ccc3c(N)c2c1O. The van der Waals surface area contributed by atoms with Gasteiger partial charge in [0.15, 0.2) is 0 Å². The van der Waals surface area contributed by atoms with Gasteiger partial charge in [-0.1, -0.05) is 11.6 Å². The Bertz CT molecular complexity index is 1200. The van der Waals surface area contributed by atoms with Crippen LogP contribution in [0.1, 0.15) is 6.92 Å². The minimum Gasteiger partial charge on any atom is -0.496 e. The van der Waals surface area contributed by atoms with Gasteiger partial charge in [-0.15, -0.1) is 0 Å². The van der Waals surface area contributed by atoms with E-state index < -0.39 is 5.82 Å². The summed E-state index contributed by atoms with van der Waals surface area (Å²) >= 11 is 6.14. The maximum atomic E-state index is 14.9. The lowest BCUT2D eigenvalue weighted by Gasteiger charge is -2.13. The highest BCUT2D eigenvalue weighted by Gasteiger charge is 2.21. The number of aromatic hydroxyl groups is 1. The average molecular weight is 386 g/mol. The molecule has 3 N–H and O–H groups in total. The van der Waals surface area contributed by atoms with Crippen molar-refractivity contribution in [3.05, 3.63) is 47.4 Å². The fourth-order valence-electron chi connectivity index (χ4n) is 3.40. The zero-order valence-electron chi connectivity index (χ0n) is 14.8. The maximum absolute atomic E-state index is 14.9. The van der Waals surface area contributed by atoms with Gasteiger partial charge in [0, 0.05) is 34.3 Å². The molecule has 2 aromatic carbocycles. The van der Waals surface area contributed by atoms with Crippen LogP contribution in [0.4, 0.5) is 10.1 Å². The van der Waals surface area contributed by atoms with Gasteiger partial charge >= 0.3 is 0 Å². The summed E-state index contributed by atoms with van der Waals surface area (Å²) in [6, 6.07) is 7.88. The first-order valence-electron chi connectivity index (χ1n) is 8.39. The van der Waals surface area contributed by atoms with E-state index >= 15 is 0 Å². The Morgan fingerprint density at radius 3 is 2.78 bits per heavy atom. The Hall–Kier alpha value is -2.99. The van der Waals surface area contributed by atoms with E-state index in [1.54, 1.807) is 35.0 Å². The smallest absolute Gasteiger partial charge is 0.202 e. The number of anilines is 1. The third kappa shape index (κ3) is 2.56. The Morgan fingerprint density at radius 2 is 2.07 bits per heavy atom. The zero-order valence-corrected chi connectivity index (χ0v) is 15.5. The lowest BCUT2D eigenvalue weighted by Crippen LogP contribution is -1.97. The minimum absolute atomic E-state index is 0.0469. The van der Waals surface area contributed by atoms with Gasteiger partial charge in [-0.3, -0.25) is 0 Å². The van der Waals surface area contributed by atoms with E-state index in [0.717, 1.165) is 0 Å². The highest BCUT2D eigenvalue weighted by molar-refractivity contribution is 6.31. The number of ether oxygens (including phenoxy) is 1. The van der Waals surface area contributed by atoms with Crippen molar-refractivity contribution in [3.8, 4) is 22.8 Å². The molecule has 0 saturated carbocycles. The Balaban J connectivity index is 2.16. The zero-order chi connectivity index (χ0) is 19.3. The predicted octanol–water partition coefficient (Wildman–Crippen LogP) is 4.97. The number of aryl methyl sites for hydroxylation is 1. The fraction of sp³-hybridized carbons (Fsp3) is 0.150. The van der Waals surface area contributed by atoms with Crippen LogP contribution in [0, 0.1) is 5.82 Å². The van der Waals surface area contributed by atoms with Gasteiger partial charge in [-0.05, 0) is 37.3 Å². The van der Waals surface area contributed by atoms with Crippen molar-refractivity contribution in [1.29, 1.82) is 0 Å². The molecule has 2 aromatic heterocycles. The molecule has 0 aliphatic rings. The summed E-state index contributed by atoms with van der Waals surface area (Å²) in [6.07, 6.45) is 1.70. The van der Waals surface area contributed by atoms with E-state index in [1.807, 2.05) is 6.92 Å². The second kappa shape index (κ2) is 6.32. The molecule has 7 heteroatoms. The molecule has 27 heavy (non-hydrogen) atoms. The van der Waals surface area contributed by atoms with Crippen molar-refractivity contribution in [2.24, 2.45) is 0 Å². The number of benzene rings is 2. The van der Waals surface area contributed by atoms with Crippen LogP contribution >= 0.6 is 11.6 Å². The van der Waals surface area contributed by atoms with E-state index in [4.69, 9.17) is 22.1 Å². The molecule has 138 valence electrons. The number of aromatic nitrogens is 2. The van der Waals surface area contributed by atoms with Crippen molar-refractivity contribution in [2.75, 3.05) is 12.8 Å². The summed E-state index contributed by atoms with van der Waals surface area (Å²) in [7, 11) is 1.51. The summed E-state index contributed by atoms with van der Waals surface area (Å²) in [5, 5.41) is 11.9. The molecular formula is C20H17ClFN3O2. The van der Waals surface area contributed by atoms with Gasteiger partial charge in [0.05, 0.1) is 29.2 Å². The average Bonchev–Trinajstić information content (AvgIpc) is 2.97. The predicted molar refractivity (Wildman–Crippen MR) is 106 cm³/mol. The van der Waals surface area contributed by atoms with E-state index in [9.17, 15) is 9.50 Å². The molecule has 2 heterocycles. The largest absolute Gasteiger partial charge is 0.496 e. The summed E-state index contributed by atoms with van der Waals surface area (Å²) in [4.78, 5) is 4.61. The summed E-state index contributed by atoms with van der Waals surface area (Å²) in [5.41, 5.74) is 8.29. The van der Waals surface area contributed by atoms with Gasteiger partial charge in [0.25, 0.3) is 0 Å². The lowest BCUT2D eigenvalue weighted by molar-refractivity contribution is 0.416. The summed E-state index contributed by atoms with van der Waals surface area (Å²) in [5.74, 6) is 0.0549. The van der Waals surface area contributed by atoms with Crippen LogP contribution < -0.4 is 10.5 Å². The number of nitrogens with two attached hydrogens (primary N) is 1. The highest BCUT2D eigenvalue weighted by Crippen LogP contribution is 2.42. The summed E-state index contributed by atoms with van der Waals surface area (Å²) < 4.78 is 21.9. The van der Waals surface area contributed by atoms with Gasteiger partial charge in [0.1, 0.15) is 11.6 Å². The Labute approximate surface area is 159 Å². The molecular weight excluding hydrogens is 369 g/mol. The first-order valence-corrected chi connectivity index (χ1v) is 8.77. The molecule has 0 radical (unpaired) electrons. The van der Waals surface area contributed by atoms with Gasteiger partial charge < -0.3 is 20.1 Å². The third-order valence-electron chi connectivity index (χ3n) is 4.72. The number of fused-ring (bicyclic) bond motifs is 2. The number of pyridine rings is 1. The number of hydrogen-bond acceptors (Lipinski definition) is 4. The van der Waals surface area contributed by atoms with Crippen molar-refractivity contribution >= 4 is 39.1 Å². The number of nitrogens with zero attached hydrogens (tertiary/aromatic N) is 2. The fourth-order valence-corrected chi connectivity index (χ4v) is 3.57. The molecule has 0 saturated heterocycles. The van der Waals surface area contributed by atoms with E-state index in [2.05, 4.69) is 4.98 Å². The minimum atomic E-state index is -0.464. The number of nitrogen functional groups attached to an aromatic ring is 1. The Morgan fingerprint density at radius 1 is 1.30 bits per heavy atom. The van der Waals surface area contributed by atoms with Crippen LogP contribution in [0.3, 0.4) is 0 Å². The lowest BCUT2D eigenvalue weighted by atomic mass is 9.99. The summed E-state index contributed by atoms with van der Waals surface area (Å²) in [6.45, 7) is 2.46. The van der Waals surface area contributed by atoms with Crippen LogP contribution in [-0.2, 0) is 6.54 Å². The molecule has 4 rings (SSSR count). The molecule has 0 aliphatic carbocycles. The molecule has 0 aliphatic heterocycles. The second-order valence-corrected chi connectivity index (χ2v) is 6.62. The number of hydrogen-bond donors (Lipinski definition) is 2.